The van der Waals surface area contributed by atoms with E-state index in [4.69, 9.17) is 0 Å². The SMILES string of the molecule is Cc1c(C(C)NCc2cn(C(C)(C)C)nn2)cnn1C. The van der Waals surface area contributed by atoms with Gasteiger partial charge >= 0.3 is 0 Å². The second-order valence-electron chi connectivity index (χ2n) is 6.24. The van der Waals surface area contributed by atoms with Crippen molar-refractivity contribution in [3.05, 3.63) is 29.3 Å². The summed E-state index contributed by atoms with van der Waals surface area (Å²) in [6.45, 7) is 11.3. The minimum Gasteiger partial charge on any atom is -0.304 e. The van der Waals surface area contributed by atoms with Gasteiger partial charge in [0.05, 0.1) is 23.6 Å². The van der Waals surface area contributed by atoms with Crippen LogP contribution in [0.2, 0.25) is 0 Å². The molecule has 1 atom stereocenters. The van der Waals surface area contributed by atoms with Gasteiger partial charge in [0.1, 0.15) is 0 Å². The molecule has 0 amide bonds. The Balaban J connectivity index is 1.99. The Kier molecular flexibility index (Phi) is 3.94. The molecule has 2 aromatic rings. The van der Waals surface area contributed by atoms with Crippen LogP contribution in [0.5, 0.6) is 0 Å². The summed E-state index contributed by atoms with van der Waals surface area (Å²) in [5, 5.41) is 16.1. The van der Waals surface area contributed by atoms with Crippen molar-refractivity contribution in [3.63, 3.8) is 0 Å². The van der Waals surface area contributed by atoms with Crippen LogP contribution in [0.4, 0.5) is 0 Å². The number of aromatic nitrogens is 5. The maximum Gasteiger partial charge on any atom is 0.0965 e. The highest BCUT2D eigenvalue weighted by molar-refractivity contribution is 5.19. The van der Waals surface area contributed by atoms with Crippen LogP contribution >= 0.6 is 0 Å². The van der Waals surface area contributed by atoms with E-state index in [0.717, 1.165) is 5.69 Å². The van der Waals surface area contributed by atoms with E-state index < -0.39 is 0 Å². The number of hydrogen-bond acceptors (Lipinski definition) is 4. The van der Waals surface area contributed by atoms with E-state index in [2.05, 4.69) is 55.3 Å². The number of rotatable bonds is 4. The molecule has 0 saturated carbocycles. The molecular formula is C14H24N6. The standard InChI is InChI=1S/C14H24N6/c1-10(13-8-16-19(6)11(13)2)15-7-12-9-20(18-17-12)14(3,4)5/h8-10,15H,7H2,1-6H3. The summed E-state index contributed by atoms with van der Waals surface area (Å²) in [5.74, 6) is 0. The zero-order valence-electron chi connectivity index (χ0n) is 13.2. The minimum atomic E-state index is -0.0309. The number of aryl methyl sites for hydroxylation is 1. The van der Waals surface area contributed by atoms with Gasteiger partial charge in [-0.15, -0.1) is 5.10 Å². The molecule has 1 N–H and O–H groups in total. The smallest absolute Gasteiger partial charge is 0.0965 e. The second kappa shape index (κ2) is 5.36. The Morgan fingerprint density at radius 2 is 2.05 bits per heavy atom. The summed E-state index contributed by atoms with van der Waals surface area (Å²) in [6.07, 6.45) is 3.91. The predicted molar refractivity (Wildman–Crippen MR) is 78.2 cm³/mol. The van der Waals surface area contributed by atoms with Gasteiger partial charge in [-0.25, -0.2) is 4.68 Å². The van der Waals surface area contributed by atoms with E-state index in [9.17, 15) is 0 Å². The molecule has 2 rings (SSSR count). The van der Waals surface area contributed by atoms with Gasteiger partial charge < -0.3 is 5.32 Å². The zero-order chi connectivity index (χ0) is 14.9. The van der Waals surface area contributed by atoms with Crippen molar-refractivity contribution in [3.8, 4) is 0 Å². The lowest BCUT2D eigenvalue weighted by Gasteiger charge is -2.17. The Morgan fingerprint density at radius 1 is 1.35 bits per heavy atom. The number of nitrogens with zero attached hydrogens (tertiary/aromatic N) is 5. The number of nitrogens with one attached hydrogen (secondary N) is 1. The highest BCUT2D eigenvalue weighted by Crippen LogP contribution is 2.17. The summed E-state index contributed by atoms with van der Waals surface area (Å²) in [7, 11) is 1.96. The van der Waals surface area contributed by atoms with Crippen molar-refractivity contribution in [2.24, 2.45) is 7.05 Å². The Bertz CT molecular complexity index is 575. The average molecular weight is 276 g/mol. The van der Waals surface area contributed by atoms with Gasteiger partial charge in [-0.3, -0.25) is 4.68 Å². The third-order valence-corrected chi connectivity index (χ3v) is 3.56. The summed E-state index contributed by atoms with van der Waals surface area (Å²) in [6, 6.07) is 0.239. The van der Waals surface area contributed by atoms with Crippen molar-refractivity contribution in [2.75, 3.05) is 0 Å². The maximum absolute atomic E-state index is 4.27. The van der Waals surface area contributed by atoms with Crippen molar-refractivity contribution in [2.45, 2.75) is 52.7 Å². The first-order valence-electron chi connectivity index (χ1n) is 6.92. The average Bonchev–Trinajstić information content (AvgIpc) is 2.95. The van der Waals surface area contributed by atoms with Gasteiger partial charge in [-0.2, -0.15) is 5.10 Å². The third kappa shape index (κ3) is 3.07. The lowest BCUT2D eigenvalue weighted by Crippen LogP contribution is -2.22. The van der Waals surface area contributed by atoms with Crippen molar-refractivity contribution >= 4 is 0 Å². The molecule has 0 aromatic carbocycles. The molecule has 6 heteroatoms. The Labute approximate surface area is 120 Å². The molecule has 0 bridgehead atoms. The molecule has 0 fully saturated rings. The molecule has 20 heavy (non-hydrogen) atoms. The van der Waals surface area contributed by atoms with E-state index in [1.54, 1.807) is 0 Å². The summed E-state index contributed by atoms with van der Waals surface area (Å²) in [5.41, 5.74) is 3.32. The highest BCUT2D eigenvalue weighted by atomic mass is 15.4. The molecule has 0 aliphatic heterocycles. The molecule has 6 nitrogen and oxygen atoms in total. The van der Waals surface area contributed by atoms with Gasteiger partial charge in [0, 0.05) is 30.9 Å². The quantitative estimate of drug-likeness (QED) is 0.927. The van der Waals surface area contributed by atoms with Gasteiger partial charge in [-0.05, 0) is 34.6 Å². The molecule has 0 spiro atoms. The third-order valence-electron chi connectivity index (χ3n) is 3.56. The topological polar surface area (TPSA) is 60.6 Å². The van der Waals surface area contributed by atoms with Crippen molar-refractivity contribution in [1.29, 1.82) is 0 Å². The lowest BCUT2D eigenvalue weighted by atomic mass is 10.1. The summed E-state index contributed by atoms with van der Waals surface area (Å²) >= 11 is 0. The molecule has 2 aromatic heterocycles. The molecule has 0 aliphatic carbocycles. The van der Waals surface area contributed by atoms with Gasteiger partial charge in [0.2, 0.25) is 0 Å². The van der Waals surface area contributed by atoms with Crippen LogP contribution in [-0.4, -0.2) is 24.8 Å². The highest BCUT2D eigenvalue weighted by Gasteiger charge is 2.16. The molecule has 110 valence electrons. The Morgan fingerprint density at radius 3 is 2.55 bits per heavy atom. The van der Waals surface area contributed by atoms with Gasteiger partial charge in [0.15, 0.2) is 0 Å². The second-order valence-corrected chi connectivity index (χ2v) is 6.24. The molecule has 1 unspecified atom stereocenters. The lowest BCUT2D eigenvalue weighted by molar-refractivity contribution is 0.347. The van der Waals surface area contributed by atoms with E-state index >= 15 is 0 Å². The van der Waals surface area contributed by atoms with Crippen LogP contribution in [-0.2, 0) is 19.1 Å². The van der Waals surface area contributed by atoms with E-state index in [0.29, 0.717) is 6.54 Å². The number of hydrogen-bond donors (Lipinski definition) is 1. The largest absolute Gasteiger partial charge is 0.304 e. The first-order valence-corrected chi connectivity index (χ1v) is 6.92. The van der Waals surface area contributed by atoms with E-state index in [1.807, 2.05) is 28.8 Å². The van der Waals surface area contributed by atoms with Crippen LogP contribution in [0.1, 0.15) is 50.7 Å². The first kappa shape index (κ1) is 14.7. The van der Waals surface area contributed by atoms with Crippen molar-refractivity contribution in [1.82, 2.24) is 30.1 Å². The van der Waals surface area contributed by atoms with Crippen LogP contribution in [0.3, 0.4) is 0 Å². The van der Waals surface area contributed by atoms with Crippen LogP contribution < -0.4 is 5.32 Å². The summed E-state index contributed by atoms with van der Waals surface area (Å²) < 4.78 is 3.79. The summed E-state index contributed by atoms with van der Waals surface area (Å²) in [4.78, 5) is 0. The molecule has 0 aliphatic rings. The van der Waals surface area contributed by atoms with Crippen LogP contribution in [0.15, 0.2) is 12.4 Å². The van der Waals surface area contributed by atoms with E-state index in [1.165, 1.54) is 11.3 Å². The van der Waals surface area contributed by atoms with Gasteiger partial charge in [-0.1, -0.05) is 5.21 Å². The fourth-order valence-corrected chi connectivity index (χ4v) is 2.02. The molecule has 0 saturated heterocycles. The predicted octanol–water partition coefficient (Wildman–Crippen LogP) is 1.93. The maximum atomic E-state index is 4.27. The normalized spacial score (nSPS) is 13.7. The fraction of sp³-hybridized carbons (Fsp3) is 0.643. The van der Waals surface area contributed by atoms with Crippen LogP contribution in [0, 0.1) is 6.92 Å². The molecule has 2 heterocycles. The molecule has 0 radical (unpaired) electrons. The zero-order valence-corrected chi connectivity index (χ0v) is 13.2. The minimum absolute atomic E-state index is 0.0309. The first-order chi connectivity index (χ1) is 9.29. The fourth-order valence-electron chi connectivity index (χ4n) is 2.02. The van der Waals surface area contributed by atoms with E-state index in [-0.39, 0.29) is 11.6 Å². The van der Waals surface area contributed by atoms with Crippen LogP contribution in [0.25, 0.3) is 0 Å². The monoisotopic (exact) mass is 276 g/mol. The van der Waals surface area contributed by atoms with Gasteiger partial charge in [0.25, 0.3) is 0 Å². The Hall–Kier alpha value is -1.69. The van der Waals surface area contributed by atoms with Crippen molar-refractivity contribution < 1.29 is 0 Å². The molecular weight excluding hydrogens is 252 g/mol.